The van der Waals surface area contributed by atoms with Gasteiger partial charge in [-0.2, -0.15) is 0 Å². The maximum atomic E-state index is 12.1. The minimum Gasteiger partial charge on any atom is -0.366 e. The lowest BCUT2D eigenvalue weighted by Crippen LogP contribution is -2.49. The first-order valence-electron chi connectivity index (χ1n) is 7.92. The fourth-order valence-electron chi connectivity index (χ4n) is 2.81. The zero-order chi connectivity index (χ0) is 15.4. The highest BCUT2D eigenvalue weighted by atomic mass is 35.5. The van der Waals surface area contributed by atoms with Gasteiger partial charge >= 0.3 is 0 Å². The van der Waals surface area contributed by atoms with Gasteiger partial charge in [-0.1, -0.05) is 38.5 Å². The van der Waals surface area contributed by atoms with Crippen molar-refractivity contribution < 1.29 is 4.79 Å². The number of nitrogens with one attached hydrogen (secondary N) is 1. The predicted molar refractivity (Wildman–Crippen MR) is 94.6 cm³/mol. The third-order valence-electron chi connectivity index (χ3n) is 4.59. The van der Waals surface area contributed by atoms with Crippen LogP contribution < -0.4 is 16.0 Å². The van der Waals surface area contributed by atoms with Crippen LogP contribution in [0.4, 0.5) is 5.69 Å². The summed E-state index contributed by atoms with van der Waals surface area (Å²) in [6.07, 6.45) is 2.00. The molecular weight excluding hydrogens is 298 g/mol. The Morgan fingerprint density at radius 3 is 2.73 bits per heavy atom. The van der Waals surface area contributed by atoms with Crippen LogP contribution in [0.25, 0.3) is 0 Å². The molecule has 0 aromatic heterocycles. The molecule has 1 amide bonds. The van der Waals surface area contributed by atoms with E-state index in [1.807, 2.05) is 6.92 Å². The second-order valence-corrected chi connectivity index (χ2v) is 6.08. The first kappa shape index (κ1) is 18.8. The average molecular weight is 326 g/mol. The van der Waals surface area contributed by atoms with Gasteiger partial charge in [0, 0.05) is 24.8 Å². The van der Waals surface area contributed by atoms with E-state index in [1.54, 1.807) is 0 Å². The number of halogens is 1. The lowest BCUT2D eigenvalue weighted by Gasteiger charge is -2.28. The second-order valence-electron chi connectivity index (χ2n) is 6.08. The molecule has 4 nitrogen and oxygen atoms in total. The van der Waals surface area contributed by atoms with Crippen molar-refractivity contribution in [1.82, 2.24) is 5.32 Å². The maximum Gasteiger partial charge on any atom is 0.237 e. The fraction of sp³-hybridized carbons (Fsp3) is 0.588. The van der Waals surface area contributed by atoms with Crippen LogP contribution >= 0.6 is 12.4 Å². The van der Waals surface area contributed by atoms with E-state index in [4.69, 9.17) is 5.73 Å². The molecule has 5 heteroatoms. The molecule has 0 radical (unpaired) electrons. The van der Waals surface area contributed by atoms with Crippen molar-refractivity contribution >= 4 is 24.0 Å². The number of carbonyl (C=O) groups is 1. The van der Waals surface area contributed by atoms with Gasteiger partial charge in [-0.15, -0.1) is 12.4 Å². The minimum absolute atomic E-state index is 0. The Morgan fingerprint density at radius 2 is 2.05 bits per heavy atom. The summed E-state index contributed by atoms with van der Waals surface area (Å²) < 4.78 is 0. The van der Waals surface area contributed by atoms with Crippen molar-refractivity contribution in [3.05, 3.63) is 29.8 Å². The summed E-state index contributed by atoms with van der Waals surface area (Å²) in [6, 6.07) is 8.36. The summed E-state index contributed by atoms with van der Waals surface area (Å²) in [4.78, 5) is 14.4. The number of amides is 1. The monoisotopic (exact) mass is 325 g/mol. The van der Waals surface area contributed by atoms with Crippen molar-refractivity contribution in [2.45, 2.75) is 45.7 Å². The van der Waals surface area contributed by atoms with E-state index in [0.29, 0.717) is 6.54 Å². The third-order valence-corrected chi connectivity index (χ3v) is 4.59. The van der Waals surface area contributed by atoms with Crippen LogP contribution in [-0.4, -0.2) is 31.1 Å². The van der Waals surface area contributed by atoms with Crippen molar-refractivity contribution in [3.8, 4) is 0 Å². The maximum absolute atomic E-state index is 12.1. The first-order valence-corrected chi connectivity index (χ1v) is 7.92. The van der Waals surface area contributed by atoms with E-state index >= 15 is 0 Å². The molecular formula is C17H28ClN3O. The van der Waals surface area contributed by atoms with Crippen LogP contribution in [0.1, 0.15) is 32.8 Å². The molecule has 0 spiro atoms. The first-order chi connectivity index (χ1) is 10.0. The van der Waals surface area contributed by atoms with Gasteiger partial charge in [0.2, 0.25) is 5.91 Å². The molecule has 0 saturated heterocycles. The summed E-state index contributed by atoms with van der Waals surface area (Å²) in [5, 5.41) is 3.00. The van der Waals surface area contributed by atoms with Crippen LogP contribution in [0.3, 0.4) is 0 Å². The highest BCUT2D eigenvalue weighted by Gasteiger charge is 2.24. The van der Waals surface area contributed by atoms with Crippen LogP contribution in [0, 0.1) is 5.92 Å². The molecule has 0 fully saturated rings. The number of fused-ring (bicyclic) bond motifs is 1. The zero-order valence-corrected chi connectivity index (χ0v) is 14.5. The standard InChI is InChI=1S/C17H27N3O.ClH/c1-4-12(2)16(18)17(21)19-11-13(3)20-10-9-14-7-5-6-8-15(14)20;/h5-8,12-13,16H,4,9-11,18H2,1-3H3,(H,19,21);1H. The smallest absolute Gasteiger partial charge is 0.237 e. The van der Waals surface area contributed by atoms with Gasteiger partial charge in [0.25, 0.3) is 0 Å². The summed E-state index contributed by atoms with van der Waals surface area (Å²) in [5.41, 5.74) is 8.65. The molecule has 22 heavy (non-hydrogen) atoms. The average Bonchev–Trinajstić information content (AvgIpc) is 2.94. The van der Waals surface area contributed by atoms with Gasteiger partial charge in [-0.25, -0.2) is 0 Å². The van der Waals surface area contributed by atoms with Crippen molar-refractivity contribution in [1.29, 1.82) is 0 Å². The largest absolute Gasteiger partial charge is 0.366 e. The number of hydrogen-bond acceptors (Lipinski definition) is 3. The lowest BCUT2D eigenvalue weighted by atomic mass is 9.99. The molecule has 1 aromatic rings. The number of anilines is 1. The zero-order valence-electron chi connectivity index (χ0n) is 13.7. The second kappa shape index (κ2) is 8.39. The summed E-state index contributed by atoms with van der Waals surface area (Å²) in [6.45, 7) is 7.88. The van der Waals surface area contributed by atoms with E-state index in [9.17, 15) is 4.79 Å². The number of nitrogens with two attached hydrogens (primary N) is 1. The Balaban J connectivity index is 0.00000242. The Labute approximate surface area is 139 Å². The molecule has 1 heterocycles. The molecule has 1 aliphatic rings. The minimum atomic E-state index is -0.409. The third kappa shape index (κ3) is 4.14. The number of para-hydroxylation sites is 1. The Morgan fingerprint density at radius 1 is 1.36 bits per heavy atom. The van der Waals surface area contributed by atoms with Crippen LogP contribution in [-0.2, 0) is 11.2 Å². The van der Waals surface area contributed by atoms with E-state index in [-0.39, 0.29) is 30.3 Å². The van der Waals surface area contributed by atoms with Gasteiger partial charge in [-0.3, -0.25) is 4.79 Å². The lowest BCUT2D eigenvalue weighted by molar-refractivity contribution is -0.123. The van der Waals surface area contributed by atoms with Gasteiger partial charge in [0.1, 0.15) is 0 Å². The van der Waals surface area contributed by atoms with Gasteiger partial charge in [-0.05, 0) is 30.9 Å². The fourth-order valence-corrected chi connectivity index (χ4v) is 2.81. The van der Waals surface area contributed by atoms with Crippen molar-refractivity contribution in [2.24, 2.45) is 11.7 Å². The number of benzene rings is 1. The topological polar surface area (TPSA) is 58.4 Å². The summed E-state index contributed by atoms with van der Waals surface area (Å²) in [5.74, 6) is 0.177. The molecule has 0 aliphatic carbocycles. The Bertz CT molecular complexity index is 495. The van der Waals surface area contributed by atoms with E-state index in [1.165, 1.54) is 11.3 Å². The molecule has 3 unspecified atom stereocenters. The number of hydrogen-bond donors (Lipinski definition) is 2. The molecule has 2 rings (SSSR count). The van der Waals surface area contributed by atoms with Gasteiger partial charge in [0.15, 0.2) is 0 Å². The molecule has 3 N–H and O–H groups in total. The quantitative estimate of drug-likeness (QED) is 0.844. The van der Waals surface area contributed by atoms with E-state index < -0.39 is 6.04 Å². The molecule has 3 atom stereocenters. The Hall–Kier alpha value is -1.26. The normalized spacial score (nSPS) is 17.2. The summed E-state index contributed by atoms with van der Waals surface area (Å²) in [7, 11) is 0. The molecule has 1 aromatic carbocycles. The van der Waals surface area contributed by atoms with Crippen LogP contribution in [0.5, 0.6) is 0 Å². The Kier molecular flexibility index (Phi) is 7.17. The SMILES string of the molecule is CCC(C)C(N)C(=O)NCC(C)N1CCc2ccccc21.Cl. The highest BCUT2D eigenvalue weighted by molar-refractivity contribution is 5.85. The van der Waals surface area contributed by atoms with E-state index in [2.05, 4.69) is 48.3 Å². The van der Waals surface area contributed by atoms with Gasteiger partial charge < -0.3 is 16.0 Å². The molecule has 1 aliphatic heterocycles. The van der Waals surface area contributed by atoms with E-state index in [0.717, 1.165) is 19.4 Å². The van der Waals surface area contributed by atoms with Crippen molar-refractivity contribution in [3.63, 3.8) is 0 Å². The molecule has 0 bridgehead atoms. The van der Waals surface area contributed by atoms with Gasteiger partial charge in [0.05, 0.1) is 6.04 Å². The molecule has 0 saturated carbocycles. The predicted octanol–water partition coefficient (Wildman–Crippen LogP) is 2.35. The summed E-state index contributed by atoms with van der Waals surface area (Å²) >= 11 is 0. The number of carbonyl (C=O) groups excluding carboxylic acids is 1. The number of rotatable bonds is 6. The van der Waals surface area contributed by atoms with Crippen molar-refractivity contribution in [2.75, 3.05) is 18.0 Å². The molecule has 124 valence electrons. The highest BCUT2D eigenvalue weighted by Crippen LogP contribution is 2.28. The number of nitrogens with zero attached hydrogens (tertiary/aromatic N) is 1. The van der Waals surface area contributed by atoms with Crippen LogP contribution in [0.15, 0.2) is 24.3 Å². The van der Waals surface area contributed by atoms with Crippen LogP contribution in [0.2, 0.25) is 0 Å².